The molecule has 4 heteroatoms. The quantitative estimate of drug-likeness (QED) is 0.438. The first kappa shape index (κ1) is 10.7. The van der Waals surface area contributed by atoms with Gasteiger partial charge in [0.05, 0.1) is 0 Å². The minimum absolute atomic E-state index is 0.344. The Kier molecular flexibility index (Phi) is 5.69. The van der Waals surface area contributed by atoms with E-state index in [1.54, 1.807) is 13.8 Å². The van der Waals surface area contributed by atoms with Crippen molar-refractivity contribution >= 4 is 25.0 Å². The molecule has 0 aliphatic heterocycles. The van der Waals surface area contributed by atoms with Gasteiger partial charge in [0.1, 0.15) is 24.7 Å². The molecule has 0 spiro atoms. The van der Waals surface area contributed by atoms with Crippen LogP contribution in [-0.2, 0) is 9.59 Å². The van der Waals surface area contributed by atoms with E-state index in [1.165, 1.54) is 12.4 Å². The van der Waals surface area contributed by atoms with Gasteiger partial charge in [0.2, 0.25) is 0 Å². The Balaban J connectivity index is 3.79. The molecule has 0 N–H and O–H groups in total. The number of nitrogens with zero attached hydrogens (tertiary/aromatic N) is 2. The van der Waals surface area contributed by atoms with E-state index in [4.69, 9.17) is 0 Å². The zero-order chi connectivity index (χ0) is 9.40. The van der Waals surface area contributed by atoms with E-state index < -0.39 is 0 Å². The van der Waals surface area contributed by atoms with Crippen LogP contribution in [0.25, 0.3) is 0 Å². The highest BCUT2D eigenvalue weighted by Gasteiger charge is 1.91. The number of hydrogen-bond acceptors (Lipinski definition) is 4. The standard InChI is InChI=1S/C8H12N2O2/c1-7(5-11)9-3-4-10-8(2)6-12/h3-8H,1-2H3. The highest BCUT2D eigenvalue weighted by Crippen LogP contribution is 1.81. The third-order valence-electron chi connectivity index (χ3n) is 1.10. The maximum absolute atomic E-state index is 10.1. The third kappa shape index (κ3) is 5.46. The second-order valence-electron chi connectivity index (χ2n) is 2.35. The van der Waals surface area contributed by atoms with E-state index in [1.807, 2.05) is 0 Å². The van der Waals surface area contributed by atoms with Gasteiger partial charge in [-0.3, -0.25) is 9.98 Å². The molecule has 2 unspecified atom stereocenters. The van der Waals surface area contributed by atoms with E-state index in [9.17, 15) is 9.59 Å². The molecule has 0 bridgehead atoms. The molecule has 0 fully saturated rings. The zero-order valence-corrected chi connectivity index (χ0v) is 7.18. The Morgan fingerprint density at radius 1 is 0.917 bits per heavy atom. The Hall–Kier alpha value is -1.32. The van der Waals surface area contributed by atoms with Crippen LogP contribution in [0.15, 0.2) is 9.98 Å². The van der Waals surface area contributed by atoms with Crippen molar-refractivity contribution in [2.75, 3.05) is 0 Å². The first-order valence-corrected chi connectivity index (χ1v) is 3.66. The van der Waals surface area contributed by atoms with E-state index >= 15 is 0 Å². The van der Waals surface area contributed by atoms with E-state index in [0.717, 1.165) is 12.6 Å². The molecule has 0 saturated carbocycles. The van der Waals surface area contributed by atoms with Gasteiger partial charge in [-0.25, -0.2) is 0 Å². The number of aldehydes is 2. The SMILES string of the molecule is CC(C=O)N=CC=NC(C)C=O. The van der Waals surface area contributed by atoms with Crippen molar-refractivity contribution in [1.29, 1.82) is 0 Å². The lowest BCUT2D eigenvalue weighted by Crippen LogP contribution is -2.01. The number of rotatable bonds is 5. The second-order valence-corrected chi connectivity index (χ2v) is 2.35. The maximum Gasteiger partial charge on any atom is 0.144 e. The van der Waals surface area contributed by atoms with Crippen LogP contribution in [0, 0.1) is 0 Å². The van der Waals surface area contributed by atoms with Gasteiger partial charge in [-0.1, -0.05) is 0 Å². The number of carbonyl (C=O) groups excluding carboxylic acids is 2. The molecule has 0 rings (SSSR count). The summed E-state index contributed by atoms with van der Waals surface area (Å²) in [7, 11) is 0. The van der Waals surface area contributed by atoms with Crippen LogP contribution >= 0.6 is 0 Å². The largest absolute Gasteiger partial charge is 0.301 e. The Labute approximate surface area is 71.4 Å². The Morgan fingerprint density at radius 3 is 1.50 bits per heavy atom. The molecule has 4 nitrogen and oxygen atoms in total. The molecule has 0 amide bonds. The van der Waals surface area contributed by atoms with Crippen molar-refractivity contribution in [2.45, 2.75) is 25.9 Å². The smallest absolute Gasteiger partial charge is 0.144 e. The van der Waals surface area contributed by atoms with Gasteiger partial charge in [0.15, 0.2) is 0 Å². The molecule has 12 heavy (non-hydrogen) atoms. The molecule has 0 aromatic heterocycles. The fraction of sp³-hybridized carbons (Fsp3) is 0.500. The lowest BCUT2D eigenvalue weighted by Gasteiger charge is -1.91. The minimum Gasteiger partial charge on any atom is -0.301 e. The molecule has 0 aliphatic carbocycles. The molecule has 0 saturated heterocycles. The van der Waals surface area contributed by atoms with Crippen molar-refractivity contribution < 1.29 is 9.59 Å². The van der Waals surface area contributed by atoms with Crippen molar-refractivity contribution in [1.82, 2.24) is 0 Å². The van der Waals surface area contributed by atoms with E-state index in [0.29, 0.717) is 0 Å². The summed E-state index contributed by atoms with van der Waals surface area (Å²) in [6.07, 6.45) is 4.29. The summed E-state index contributed by atoms with van der Waals surface area (Å²) in [6.45, 7) is 3.33. The molecule has 0 aliphatic rings. The molecule has 2 atom stereocenters. The lowest BCUT2D eigenvalue weighted by molar-refractivity contribution is -0.109. The van der Waals surface area contributed by atoms with E-state index in [-0.39, 0.29) is 12.1 Å². The highest BCUT2D eigenvalue weighted by atomic mass is 16.1. The molecular formula is C8H12N2O2. The number of carbonyl (C=O) groups is 2. The van der Waals surface area contributed by atoms with Crippen LogP contribution in [0.4, 0.5) is 0 Å². The van der Waals surface area contributed by atoms with Crippen molar-refractivity contribution in [3.8, 4) is 0 Å². The summed E-state index contributed by atoms with van der Waals surface area (Å²) in [4.78, 5) is 27.7. The average molecular weight is 168 g/mol. The second kappa shape index (κ2) is 6.39. The number of aliphatic imine (C=N–C) groups is 2. The molecule has 66 valence electrons. The molecule has 0 radical (unpaired) electrons. The lowest BCUT2D eigenvalue weighted by atomic mass is 10.4. The van der Waals surface area contributed by atoms with Crippen LogP contribution in [0.2, 0.25) is 0 Å². The van der Waals surface area contributed by atoms with Crippen LogP contribution in [-0.4, -0.2) is 37.1 Å². The maximum atomic E-state index is 10.1. The van der Waals surface area contributed by atoms with Gasteiger partial charge in [-0.2, -0.15) is 0 Å². The minimum atomic E-state index is -0.344. The summed E-state index contributed by atoms with van der Waals surface area (Å²) in [5.74, 6) is 0. The molecule has 0 aromatic rings. The van der Waals surface area contributed by atoms with Gasteiger partial charge in [0, 0.05) is 12.4 Å². The fourth-order valence-corrected chi connectivity index (χ4v) is 0.419. The predicted molar refractivity (Wildman–Crippen MR) is 48.0 cm³/mol. The Bertz CT molecular complexity index is 177. The normalized spacial score (nSPS) is 16.5. The monoisotopic (exact) mass is 168 g/mol. The van der Waals surface area contributed by atoms with E-state index in [2.05, 4.69) is 9.98 Å². The number of hydrogen-bond donors (Lipinski definition) is 0. The van der Waals surface area contributed by atoms with Crippen molar-refractivity contribution in [3.05, 3.63) is 0 Å². The van der Waals surface area contributed by atoms with Crippen molar-refractivity contribution in [3.63, 3.8) is 0 Å². The molecule has 0 heterocycles. The molecule has 0 aromatic carbocycles. The third-order valence-corrected chi connectivity index (χ3v) is 1.10. The topological polar surface area (TPSA) is 58.9 Å². The van der Waals surface area contributed by atoms with Gasteiger partial charge in [0.25, 0.3) is 0 Å². The first-order valence-electron chi connectivity index (χ1n) is 3.66. The summed E-state index contributed by atoms with van der Waals surface area (Å²) in [6, 6.07) is -0.689. The van der Waals surface area contributed by atoms with Gasteiger partial charge in [-0.05, 0) is 13.8 Å². The van der Waals surface area contributed by atoms with Gasteiger partial charge in [-0.15, -0.1) is 0 Å². The summed E-state index contributed by atoms with van der Waals surface area (Å²) < 4.78 is 0. The highest BCUT2D eigenvalue weighted by molar-refractivity contribution is 6.16. The van der Waals surface area contributed by atoms with Crippen molar-refractivity contribution in [2.24, 2.45) is 9.98 Å². The molecular weight excluding hydrogens is 156 g/mol. The summed E-state index contributed by atoms with van der Waals surface area (Å²) in [5, 5.41) is 0. The average Bonchev–Trinajstić information content (AvgIpc) is 2.11. The predicted octanol–water partition coefficient (Wildman–Crippen LogP) is 0.303. The summed E-state index contributed by atoms with van der Waals surface area (Å²) >= 11 is 0. The van der Waals surface area contributed by atoms with Gasteiger partial charge < -0.3 is 9.59 Å². The van der Waals surface area contributed by atoms with Crippen LogP contribution in [0.3, 0.4) is 0 Å². The van der Waals surface area contributed by atoms with Crippen LogP contribution in [0.1, 0.15) is 13.8 Å². The fourth-order valence-electron chi connectivity index (χ4n) is 0.419. The summed E-state index contributed by atoms with van der Waals surface area (Å²) in [5.41, 5.74) is 0. The van der Waals surface area contributed by atoms with Gasteiger partial charge >= 0.3 is 0 Å². The first-order chi connectivity index (χ1) is 5.70. The van der Waals surface area contributed by atoms with Crippen LogP contribution < -0.4 is 0 Å². The Morgan fingerprint density at radius 2 is 1.25 bits per heavy atom. The van der Waals surface area contributed by atoms with Crippen LogP contribution in [0.5, 0.6) is 0 Å². The zero-order valence-electron chi connectivity index (χ0n) is 7.18.